The molecule has 0 spiro atoms. The summed E-state index contributed by atoms with van der Waals surface area (Å²) in [5, 5.41) is 0.115. The monoisotopic (exact) mass is 402 g/mol. The highest BCUT2D eigenvalue weighted by molar-refractivity contribution is 6.97. The summed E-state index contributed by atoms with van der Waals surface area (Å²) in [6, 6.07) is 2.84. The minimum absolute atomic E-state index is 0.115. The lowest BCUT2D eigenvalue weighted by atomic mass is 10.3. The first kappa shape index (κ1) is 25.6. The van der Waals surface area contributed by atoms with E-state index in [1.165, 1.54) is 44.2 Å². The van der Waals surface area contributed by atoms with E-state index in [0.717, 1.165) is 0 Å². The van der Waals surface area contributed by atoms with Crippen LogP contribution in [0.5, 0.6) is 0 Å². The van der Waals surface area contributed by atoms with Crippen LogP contribution in [-0.2, 0) is 4.43 Å². The Hall–Kier alpha value is 0.611. The van der Waals surface area contributed by atoms with E-state index in [2.05, 4.69) is 80.8 Å². The first-order valence-corrected chi connectivity index (χ1v) is 20.2. The quantitative estimate of drug-likeness (QED) is 0.298. The van der Waals surface area contributed by atoms with Gasteiger partial charge in [-0.05, 0) is 31.1 Å². The van der Waals surface area contributed by atoms with Crippen molar-refractivity contribution in [2.24, 2.45) is 0 Å². The molecule has 0 saturated heterocycles. The third-order valence-corrected chi connectivity index (χ3v) is 26.0. The Morgan fingerprint density at radius 2 is 1.08 bits per heavy atom. The molecule has 152 valence electrons. The van der Waals surface area contributed by atoms with Crippen LogP contribution in [0.2, 0.25) is 56.0 Å². The van der Waals surface area contributed by atoms with Gasteiger partial charge < -0.3 is 4.43 Å². The Kier molecular flexibility index (Phi) is 9.43. The number of unbranched alkanes of at least 4 members (excludes halogenated alkanes) is 2. The van der Waals surface area contributed by atoms with Gasteiger partial charge in [-0.2, -0.15) is 0 Å². The third kappa shape index (κ3) is 5.79. The normalized spacial score (nSPS) is 16.8. The molecule has 0 aromatic rings. The molecule has 0 saturated carbocycles. The molecule has 0 fully saturated rings. The van der Waals surface area contributed by atoms with E-state index in [1.54, 1.807) is 0 Å². The highest BCUT2D eigenvalue weighted by atomic mass is 28.4. The summed E-state index contributed by atoms with van der Waals surface area (Å²) in [7, 11) is -4.58. The third-order valence-electron chi connectivity index (χ3n) is 8.09. The summed E-state index contributed by atoms with van der Waals surface area (Å²) in [6.45, 7) is 30.0. The van der Waals surface area contributed by atoms with Crippen molar-refractivity contribution in [3.63, 3.8) is 0 Å². The van der Waals surface area contributed by atoms with E-state index in [0.29, 0.717) is 4.66 Å². The molecule has 0 aromatic heterocycles. The van der Waals surface area contributed by atoms with Crippen LogP contribution in [0, 0.1) is 0 Å². The molecule has 0 aromatic carbocycles. The molecular formula is C21H50OSi3. The fourth-order valence-corrected chi connectivity index (χ4v) is 19.0. The van der Waals surface area contributed by atoms with Crippen LogP contribution in [0.1, 0.15) is 73.6 Å². The summed E-state index contributed by atoms with van der Waals surface area (Å²) in [6.07, 6.45) is 6.53. The predicted molar refractivity (Wildman–Crippen MR) is 126 cm³/mol. The molecule has 1 nitrogen and oxygen atoms in total. The molecule has 0 aliphatic carbocycles. The first-order chi connectivity index (χ1) is 11.1. The van der Waals surface area contributed by atoms with Crippen LogP contribution in [0.25, 0.3) is 0 Å². The van der Waals surface area contributed by atoms with Crippen molar-refractivity contribution in [3.8, 4) is 0 Å². The minimum Gasteiger partial charge on any atom is -0.415 e. The smallest absolute Gasteiger partial charge is 0.190 e. The average molecular weight is 403 g/mol. The van der Waals surface area contributed by atoms with Crippen LogP contribution in [0.4, 0.5) is 0 Å². The SMILES string of the molecule is CCCC[Si](C)(C)C(C)(CC)O[Si](C)(C)C(C)(C)[Si](C)(C)CCCC. The van der Waals surface area contributed by atoms with Gasteiger partial charge in [-0.3, -0.25) is 0 Å². The summed E-state index contributed by atoms with van der Waals surface area (Å²) in [4.78, 5) is 0. The molecular weight excluding hydrogens is 352 g/mol. The van der Waals surface area contributed by atoms with E-state index >= 15 is 0 Å². The Bertz CT molecular complexity index is 402. The van der Waals surface area contributed by atoms with E-state index in [4.69, 9.17) is 4.43 Å². The molecule has 25 heavy (non-hydrogen) atoms. The van der Waals surface area contributed by atoms with Gasteiger partial charge in [-0.1, -0.05) is 98.6 Å². The second-order valence-electron chi connectivity index (χ2n) is 10.8. The van der Waals surface area contributed by atoms with Gasteiger partial charge in [0.15, 0.2) is 8.32 Å². The second kappa shape index (κ2) is 9.20. The molecule has 0 amide bonds. The summed E-state index contributed by atoms with van der Waals surface area (Å²) in [5.41, 5.74) is 0. The maximum atomic E-state index is 7.30. The number of rotatable bonds is 12. The number of hydrogen-bond acceptors (Lipinski definition) is 1. The molecule has 1 atom stereocenters. The van der Waals surface area contributed by atoms with Crippen LogP contribution >= 0.6 is 0 Å². The predicted octanol–water partition coefficient (Wildman–Crippen LogP) is 8.25. The van der Waals surface area contributed by atoms with E-state index in [9.17, 15) is 0 Å². The summed E-state index contributed by atoms with van der Waals surface area (Å²) in [5.74, 6) is 0. The Labute approximate surface area is 163 Å². The highest BCUT2D eigenvalue weighted by Gasteiger charge is 2.55. The lowest BCUT2D eigenvalue weighted by molar-refractivity contribution is 0.142. The van der Waals surface area contributed by atoms with Gasteiger partial charge in [0.2, 0.25) is 0 Å². The Morgan fingerprint density at radius 3 is 1.44 bits per heavy atom. The van der Waals surface area contributed by atoms with Crippen molar-refractivity contribution in [3.05, 3.63) is 0 Å². The largest absolute Gasteiger partial charge is 0.415 e. The fourth-order valence-electron chi connectivity index (χ4n) is 4.01. The maximum Gasteiger partial charge on any atom is 0.190 e. The zero-order chi connectivity index (χ0) is 20.2. The zero-order valence-electron chi connectivity index (χ0n) is 19.9. The number of hydrogen-bond donors (Lipinski definition) is 0. The van der Waals surface area contributed by atoms with Crippen molar-refractivity contribution in [2.75, 3.05) is 0 Å². The van der Waals surface area contributed by atoms with Crippen LogP contribution < -0.4 is 0 Å². The lowest BCUT2D eigenvalue weighted by Gasteiger charge is -2.55. The lowest BCUT2D eigenvalue weighted by Crippen LogP contribution is -2.64. The average Bonchev–Trinajstić information content (AvgIpc) is 2.49. The van der Waals surface area contributed by atoms with Crippen LogP contribution in [-0.4, -0.2) is 29.7 Å². The van der Waals surface area contributed by atoms with Crippen molar-refractivity contribution in [1.29, 1.82) is 0 Å². The van der Waals surface area contributed by atoms with Crippen molar-refractivity contribution >= 4 is 24.5 Å². The Morgan fingerprint density at radius 1 is 0.680 bits per heavy atom. The molecule has 0 radical (unpaired) electrons. The van der Waals surface area contributed by atoms with Gasteiger partial charge >= 0.3 is 0 Å². The zero-order valence-corrected chi connectivity index (χ0v) is 22.9. The van der Waals surface area contributed by atoms with Gasteiger partial charge in [0.25, 0.3) is 0 Å². The fraction of sp³-hybridized carbons (Fsp3) is 1.00. The molecule has 0 aliphatic rings. The summed E-state index contributed by atoms with van der Waals surface area (Å²) >= 11 is 0. The standard InChI is InChI=1S/C21H50OSi3/c1-13-16-18-23(7,8)20(4,5)25(11,12)22-21(6,15-3)24(9,10)19-17-14-2/h13-19H2,1-12H3. The molecule has 0 rings (SSSR count). The topological polar surface area (TPSA) is 9.23 Å². The maximum absolute atomic E-state index is 7.30. The molecule has 4 heteroatoms. The minimum atomic E-state index is -1.83. The van der Waals surface area contributed by atoms with Gasteiger partial charge in [-0.25, -0.2) is 0 Å². The molecule has 0 bridgehead atoms. The molecule has 0 aliphatic heterocycles. The van der Waals surface area contributed by atoms with Crippen molar-refractivity contribution < 1.29 is 4.43 Å². The van der Waals surface area contributed by atoms with Crippen LogP contribution in [0.15, 0.2) is 0 Å². The van der Waals surface area contributed by atoms with Crippen molar-refractivity contribution in [1.82, 2.24) is 0 Å². The highest BCUT2D eigenvalue weighted by Crippen LogP contribution is 2.51. The second-order valence-corrected chi connectivity index (χ2v) is 26.6. The van der Waals surface area contributed by atoms with E-state index < -0.39 is 24.5 Å². The summed E-state index contributed by atoms with van der Waals surface area (Å²) < 4.78 is 7.69. The van der Waals surface area contributed by atoms with Gasteiger partial charge in [0.1, 0.15) is 0 Å². The van der Waals surface area contributed by atoms with Crippen LogP contribution in [0.3, 0.4) is 0 Å². The van der Waals surface area contributed by atoms with E-state index in [-0.39, 0.29) is 5.22 Å². The van der Waals surface area contributed by atoms with Gasteiger partial charge in [0.05, 0.1) is 16.1 Å². The molecule has 1 unspecified atom stereocenters. The molecule has 0 heterocycles. The van der Waals surface area contributed by atoms with Crippen molar-refractivity contribution in [2.45, 2.75) is 135 Å². The van der Waals surface area contributed by atoms with Gasteiger partial charge in [0, 0.05) is 5.22 Å². The Balaban J connectivity index is 5.61. The first-order valence-electron chi connectivity index (χ1n) is 10.8. The van der Waals surface area contributed by atoms with E-state index in [1.807, 2.05) is 0 Å². The van der Waals surface area contributed by atoms with Gasteiger partial charge in [-0.15, -0.1) is 0 Å². The molecule has 0 N–H and O–H groups in total.